The van der Waals surface area contributed by atoms with Gasteiger partial charge in [0.15, 0.2) is 5.13 Å². The van der Waals surface area contributed by atoms with Crippen LogP contribution in [-0.2, 0) is 9.59 Å². The van der Waals surface area contributed by atoms with Gasteiger partial charge >= 0.3 is 5.91 Å². The third-order valence-corrected chi connectivity index (χ3v) is 6.79. The SMILES string of the molecule is COc1cccc(/C(O)=C2\C(=O)C(=O)N(c3nc4ccc(Cl)cc4s3)C2c2ccc(O)cc2)c1. The number of carbonyl (C=O) groups is 2. The molecule has 1 aliphatic rings. The van der Waals surface area contributed by atoms with Crippen molar-refractivity contribution in [3.8, 4) is 11.5 Å². The number of thiazole rings is 1. The van der Waals surface area contributed by atoms with Gasteiger partial charge in [-0.1, -0.05) is 47.2 Å². The molecule has 1 atom stereocenters. The second-order valence-electron chi connectivity index (χ2n) is 7.60. The van der Waals surface area contributed by atoms with Gasteiger partial charge in [0.1, 0.15) is 17.3 Å². The number of halogens is 1. The van der Waals surface area contributed by atoms with Gasteiger partial charge in [-0.25, -0.2) is 4.98 Å². The van der Waals surface area contributed by atoms with Crippen LogP contribution in [0.3, 0.4) is 0 Å². The van der Waals surface area contributed by atoms with Crippen molar-refractivity contribution >= 4 is 55.7 Å². The molecule has 0 bridgehead atoms. The van der Waals surface area contributed by atoms with E-state index in [2.05, 4.69) is 4.98 Å². The maximum Gasteiger partial charge on any atom is 0.301 e. The lowest BCUT2D eigenvalue weighted by Crippen LogP contribution is -2.29. The number of Topliss-reactive ketones (excluding diaryl/α,β-unsaturated/α-hetero) is 1. The fourth-order valence-corrected chi connectivity index (χ4v) is 5.19. The number of fused-ring (bicyclic) bond motifs is 1. The number of aromatic nitrogens is 1. The van der Waals surface area contributed by atoms with Gasteiger partial charge in [0, 0.05) is 10.6 Å². The summed E-state index contributed by atoms with van der Waals surface area (Å²) in [5, 5.41) is 21.8. The molecule has 1 unspecified atom stereocenters. The predicted octanol–water partition coefficient (Wildman–Crippen LogP) is 5.29. The van der Waals surface area contributed by atoms with E-state index in [9.17, 15) is 19.8 Å². The molecule has 9 heteroatoms. The third kappa shape index (κ3) is 3.67. The van der Waals surface area contributed by atoms with Crippen LogP contribution in [0.2, 0.25) is 5.02 Å². The van der Waals surface area contributed by atoms with Crippen molar-refractivity contribution in [3.63, 3.8) is 0 Å². The Balaban J connectivity index is 1.73. The number of anilines is 1. The van der Waals surface area contributed by atoms with E-state index in [1.165, 1.54) is 35.5 Å². The number of ether oxygens (including phenoxy) is 1. The van der Waals surface area contributed by atoms with Crippen LogP contribution >= 0.6 is 22.9 Å². The number of aliphatic hydroxyl groups is 1. The standard InChI is InChI=1S/C25H17ClN2O5S/c1-33-17-4-2-3-14(11-17)22(30)20-21(13-5-8-16(29)9-6-13)28(24(32)23(20)31)25-27-18-10-7-15(26)12-19(18)34-25/h2-12,21,29-30H,1H3/b22-20+. The van der Waals surface area contributed by atoms with E-state index in [4.69, 9.17) is 16.3 Å². The normalized spacial score (nSPS) is 17.5. The fraction of sp³-hybridized carbons (Fsp3) is 0.0800. The summed E-state index contributed by atoms with van der Waals surface area (Å²) in [5.74, 6) is -1.46. The van der Waals surface area contributed by atoms with Crippen molar-refractivity contribution < 1.29 is 24.5 Å². The lowest BCUT2D eigenvalue weighted by Gasteiger charge is -2.23. The molecule has 1 amide bonds. The number of amides is 1. The van der Waals surface area contributed by atoms with E-state index in [0.29, 0.717) is 32.5 Å². The van der Waals surface area contributed by atoms with Crippen LogP contribution in [-0.4, -0.2) is 34.0 Å². The first-order chi connectivity index (χ1) is 16.4. The number of carbonyl (C=O) groups excluding carboxylic acids is 2. The average Bonchev–Trinajstić information content (AvgIpc) is 3.37. The molecule has 3 aromatic carbocycles. The summed E-state index contributed by atoms with van der Waals surface area (Å²) in [6.45, 7) is 0. The molecule has 0 spiro atoms. The minimum Gasteiger partial charge on any atom is -0.508 e. The lowest BCUT2D eigenvalue weighted by atomic mass is 9.95. The molecule has 0 saturated carbocycles. The lowest BCUT2D eigenvalue weighted by molar-refractivity contribution is -0.132. The number of phenols is 1. The second-order valence-corrected chi connectivity index (χ2v) is 9.05. The third-order valence-electron chi connectivity index (χ3n) is 5.54. The van der Waals surface area contributed by atoms with E-state index >= 15 is 0 Å². The fourth-order valence-electron chi connectivity index (χ4n) is 3.92. The van der Waals surface area contributed by atoms with E-state index < -0.39 is 17.7 Å². The second kappa shape index (κ2) is 8.48. The number of nitrogens with zero attached hydrogens (tertiary/aromatic N) is 2. The monoisotopic (exact) mass is 492 g/mol. The Kier molecular flexibility index (Phi) is 5.47. The van der Waals surface area contributed by atoms with Crippen LogP contribution < -0.4 is 9.64 Å². The Morgan fingerprint density at radius 1 is 1.09 bits per heavy atom. The maximum absolute atomic E-state index is 13.3. The molecular formula is C25H17ClN2O5S. The molecule has 1 aromatic heterocycles. The van der Waals surface area contributed by atoms with Gasteiger partial charge < -0.3 is 14.9 Å². The zero-order valence-electron chi connectivity index (χ0n) is 17.7. The van der Waals surface area contributed by atoms with Gasteiger partial charge in [-0.15, -0.1) is 0 Å². The number of methoxy groups -OCH3 is 1. The molecular weight excluding hydrogens is 476 g/mol. The van der Waals surface area contributed by atoms with Crippen LogP contribution in [0.15, 0.2) is 72.3 Å². The number of hydrogen-bond donors (Lipinski definition) is 2. The van der Waals surface area contributed by atoms with Crippen molar-refractivity contribution in [2.45, 2.75) is 6.04 Å². The quantitative estimate of drug-likeness (QED) is 0.228. The topological polar surface area (TPSA) is 100.0 Å². The molecule has 34 heavy (non-hydrogen) atoms. The molecule has 5 rings (SSSR count). The minimum atomic E-state index is -0.956. The first-order valence-corrected chi connectivity index (χ1v) is 11.4. The Morgan fingerprint density at radius 3 is 2.59 bits per heavy atom. The molecule has 1 fully saturated rings. The van der Waals surface area contributed by atoms with Crippen molar-refractivity contribution in [2.75, 3.05) is 12.0 Å². The first kappa shape index (κ1) is 21.9. The van der Waals surface area contributed by atoms with Crippen LogP contribution in [0.4, 0.5) is 5.13 Å². The molecule has 1 saturated heterocycles. The van der Waals surface area contributed by atoms with Crippen LogP contribution in [0, 0.1) is 0 Å². The highest BCUT2D eigenvalue weighted by Crippen LogP contribution is 2.44. The zero-order valence-corrected chi connectivity index (χ0v) is 19.3. The number of aliphatic hydroxyl groups excluding tert-OH is 1. The summed E-state index contributed by atoms with van der Waals surface area (Å²) < 4.78 is 5.98. The Labute approximate surface area is 203 Å². The number of rotatable bonds is 4. The average molecular weight is 493 g/mol. The summed E-state index contributed by atoms with van der Waals surface area (Å²) in [5.41, 5.74) is 1.40. The van der Waals surface area contributed by atoms with E-state index in [0.717, 1.165) is 4.70 Å². The van der Waals surface area contributed by atoms with Gasteiger partial charge in [-0.3, -0.25) is 14.5 Å². The Bertz CT molecular complexity index is 1480. The van der Waals surface area contributed by atoms with Gasteiger partial charge in [0.2, 0.25) is 0 Å². The number of aromatic hydroxyl groups is 1. The molecule has 2 heterocycles. The highest BCUT2D eigenvalue weighted by atomic mass is 35.5. The summed E-state index contributed by atoms with van der Waals surface area (Å²) in [6, 6.07) is 16.9. The molecule has 4 aromatic rings. The van der Waals surface area contributed by atoms with Gasteiger partial charge in [-0.2, -0.15) is 0 Å². The van der Waals surface area contributed by atoms with Gasteiger partial charge in [-0.05, 0) is 48.0 Å². The highest BCUT2D eigenvalue weighted by Gasteiger charge is 2.48. The molecule has 0 aliphatic carbocycles. The maximum atomic E-state index is 13.3. The summed E-state index contributed by atoms with van der Waals surface area (Å²) in [6.07, 6.45) is 0. The van der Waals surface area contributed by atoms with E-state index in [1.54, 1.807) is 54.6 Å². The first-order valence-electron chi connectivity index (χ1n) is 10.2. The van der Waals surface area contributed by atoms with Crippen molar-refractivity contribution in [1.82, 2.24) is 4.98 Å². The zero-order chi connectivity index (χ0) is 24.0. The smallest absolute Gasteiger partial charge is 0.301 e. The number of phenolic OH excluding ortho intramolecular Hbond substituents is 1. The van der Waals surface area contributed by atoms with Crippen molar-refractivity contribution in [3.05, 3.63) is 88.5 Å². The number of ketones is 1. The minimum absolute atomic E-state index is 0.0307. The summed E-state index contributed by atoms with van der Waals surface area (Å²) >= 11 is 7.32. The molecule has 1 aliphatic heterocycles. The molecule has 170 valence electrons. The number of hydrogen-bond acceptors (Lipinski definition) is 7. The van der Waals surface area contributed by atoms with Crippen molar-refractivity contribution in [2.24, 2.45) is 0 Å². The summed E-state index contributed by atoms with van der Waals surface area (Å²) in [4.78, 5) is 32.3. The Morgan fingerprint density at radius 2 is 1.85 bits per heavy atom. The van der Waals surface area contributed by atoms with Crippen LogP contribution in [0.5, 0.6) is 11.5 Å². The number of benzene rings is 3. The van der Waals surface area contributed by atoms with E-state index in [-0.39, 0.29) is 17.1 Å². The summed E-state index contributed by atoms with van der Waals surface area (Å²) in [7, 11) is 1.49. The van der Waals surface area contributed by atoms with Crippen molar-refractivity contribution in [1.29, 1.82) is 0 Å². The van der Waals surface area contributed by atoms with Crippen LogP contribution in [0.25, 0.3) is 16.0 Å². The van der Waals surface area contributed by atoms with Crippen LogP contribution in [0.1, 0.15) is 17.2 Å². The highest BCUT2D eigenvalue weighted by molar-refractivity contribution is 7.22. The van der Waals surface area contributed by atoms with Gasteiger partial charge in [0.25, 0.3) is 5.78 Å². The largest absolute Gasteiger partial charge is 0.508 e. The molecule has 0 radical (unpaired) electrons. The van der Waals surface area contributed by atoms with E-state index in [1.807, 2.05) is 0 Å². The van der Waals surface area contributed by atoms with Gasteiger partial charge in [0.05, 0.1) is 28.9 Å². The molecule has 2 N–H and O–H groups in total. The Hall–Kier alpha value is -3.88. The molecule has 7 nitrogen and oxygen atoms in total. The predicted molar refractivity (Wildman–Crippen MR) is 131 cm³/mol.